The highest BCUT2D eigenvalue weighted by atomic mass is 16.5. The molecule has 1 aromatic heterocycles. The molecular weight excluding hydrogens is 332 g/mol. The molecule has 7 nitrogen and oxygen atoms in total. The smallest absolute Gasteiger partial charge is 0.269 e. The summed E-state index contributed by atoms with van der Waals surface area (Å²) < 4.78 is 10.4. The molecule has 7 heteroatoms. The third-order valence-electron chi connectivity index (χ3n) is 4.19. The molecule has 1 fully saturated rings. The van der Waals surface area contributed by atoms with Crippen molar-refractivity contribution in [1.82, 2.24) is 15.2 Å². The molecule has 1 aliphatic rings. The normalized spacial score (nSPS) is 14.7. The van der Waals surface area contributed by atoms with Crippen LogP contribution >= 0.6 is 0 Å². The molecule has 1 saturated heterocycles. The summed E-state index contributed by atoms with van der Waals surface area (Å²) in [5.74, 6) is 0.645. The molecular formula is C19H24N4O3. The zero-order valence-corrected chi connectivity index (χ0v) is 14.9. The van der Waals surface area contributed by atoms with Crippen molar-refractivity contribution >= 4 is 17.3 Å². The molecule has 0 saturated carbocycles. The summed E-state index contributed by atoms with van der Waals surface area (Å²) in [7, 11) is 1.64. The number of carbonyl (C=O) groups is 1. The number of hydrogen-bond acceptors (Lipinski definition) is 6. The van der Waals surface area contributed by atoms with Crippen molar-refractivity contribution in [3.63, 3.8) is 0 Å². The maximum Gasteiger partial charge on any atom is 0.269 e. The fourth-order valence-electron chi connectivity index (χ4n) is 2.69. The van der Waals surface area contributed by atoms with Crippen molar-refractivity contribution in [2.45, 2.75) is 0 Å². The van der Waals surface area contributed by atoms with E-state index in [0.29, 0.717) is 12.2 Å². The molecule has 138 valence electrons. The van der Waals surface area contributed by atoms with Crippen LogP contribution in [0, 0.1) is 0 Å². The van der Waals surface area contributed by atoms with Crippen LogP contribution in [0.2, 0.25) is 0 Å². The number of hydrogen-bond donors (Lipinski definition) is 2. The summed E-state index contributed by atoms with van der Waals surface area (Å²) in [6.45, 7) is 4.79. The van der Waals surface area contributed by atoms with Gasteiger partial charge in [0.15, 0.2) is 0 Å². The molecule has 0 radical (unpaired) electrons. The number of rotatable bonds is 7. The van der Waals surface area contributed by atoms with E-state index in [4.69, 9.17) is 9.47 Å². The summed E-state index contributed by atoms with van der Waals surface area (Å²) in [6.07, 6.45) is 1.65. The van der Waals surface area contributed by atoms with Gasteiger partial charge in [-0.1, -0.05) is 0 Å². The molecule has 0 bridgehead atoms. The van der Waals surface area contributed by atoms with Gasteiger partial charge in [-0.15, -0.1) is 0 Å². The van der Waals surface area contributed by atoms with E-state index in [1.54, 1.807) is 19.4 Å². The summed E-state index contributed by atoms with van der Waals surface area (Å²) in [6, 6.07) is 11.2. The van der Waals surface area contributed by atoms with Crippen LogP contribution in [-0.4, -0.2) is 62.3 Å². The minimum absolute atomic E-state index is 0.158. The Morgan fingerprint density at radius 3 is 2.54 bits per heavy atom. The van der Waals surface area contributed by atoms with E-state index in [-0.39, 0.29) is 5.91 Å². The molecule has 0 aliphatic carbocycles. The van der Waals surface area contributed by atoms with E-state index in [2.05, 4.69) is 20.5 Å². The van der Waals surface area contributed by atoms with E-state index in [0.717, 1.165) is 50.0 Å². The Labute approximate surface area is 153 Å². The van der Waals surface area contributed by atoms with Crippen molar-refractivity contribution in [2.75, 3.05) is 51.8 Å². The monoisotopic (exact) mass is 356 g/mol. The average molecular weight is 356 g/mol. The van der Waals surface area contributed by atoms with Gasteiger partial charge >= 0.3 is 0 Å². The molecule has 0 atom stereocenters. The van der Waals surface area contributed by atoms with Crippen molar-refractivity contribution in [3.8, 4) is 5.75 Å². The Morgan fingerprint density at radius 1 is 1.15 bits per heavy atom. The van der Waals surface area contributed by atoms with Crippen LogP contribution < -0.4 is 15.4 Å². The van der Waals surface area contributed by atoms with Crippen molar-refractivity contribution in [1.29, 1.82) is 0 Å². The van der Waals surface area contributed by atoms with Crippen LogP contribution in [0.15, 0.2) is 42.6 Å². The van der Waals surface area contributed by atoms with Crippen LogP contribution in [0.4, 0.5) is 11.4 Å². The topological polar surface area (TPSA) is 75.7 Å². The first kappa shape index (κ1) is 18.2. The van der Waals surface area contributed by atoms with Gasteiger partial charge in [0.05, 0.1) is 32.2 Å². The lowest BCUT2D eigenvalue weighted by Gasteiger charge is -2.26. The van der Waals surface area contributed by atoms with Crippen LogP contribution in [0.25, 0.3) is 0 Å². The van der Waals surface area contributed by atoms with Crippen molar-refractivity contribution in [3.05, 3.63) is 48.3 Å². The summed E-state index contributed by atoms with van der Waals surface area (Å²) in [4.78, 5) is 18.7. The van der Waals surface area contributed by atoms with Gasteiger partial charge in [-0.2, -0.15) is 0 Å². The van der Waals surface area contributed by atoms with Gasteiger partial charge in [0, 0.05) is 31.9 Å². The number of pyridine rings is 1. The van der Waals surface area contributed by atoms with Crippen LogP contribution in [0.5, 0.6) is 5.75 Å². The number of benzene rings is 1. The first-order valence-corrected chi connectivity index (χ1v) is 8.70. The predicted octanol–water partition coefficient (Wildman–Crippen LogP) is 1.90. The number of nitrogens with zero attached hydrogens (tertiary/aromatic N) is 2. The van der Waals surface area contributed by atoms with Crippen LogP contribution in [0.3, 0.4) is 0 Å². The summed E-state index contributed by atoms with van der Waals surface area (Å²) in [5.41, 5.74) is 2.16. The fraction of sp³-hybridized carbons (Fsp3) is 0.368. The van der Waals surface area contributed by atoms with E-state index < -0.39 is 0 Å². The maximum atomic E-state index is 12.2. The molecule has 1 aliphatic heterocycles. The largest absolute Gasteiger partial charge is 0.497 e. The van der Waals surface area contributed by atoms with Crippen molar-refractivity contribution in [2.24, 2.45) is 0 Å². The van der Waals surface area contributed by atoms with E-state index >= 15 is 0 Å². The lowest BCUT2D eigenvalue weighted by Crippen LogP contribution is -2.41. The van der Waals surface area contributed by atoms with Gasteiger partial charge in [-0.3, -0.25) is 9.69 Å². The minimum Gasteiger partial charge on any atom is -0.497 e. The first-order chi connectivity index (χ1) is 12.7. The highest BCUT2D eigenvalue weighted by Gasteiger charge is 2.11. The Bertz CT molecular complexity index is 698. The second-order valence-electron chi connectivity index (χ2n) is 6.00. The SMILES string of the molecule is COc1ccc(Nc2ccc(C(=O)NCCN3CCOCC3)nc2)cc1. The number of anilines is 2. The Hall–Kier alpha value is -2.64. The van der Waals surface area contributed by atoms with Gasteiger partial charge in [0.2, 0.25) is 0 Å². The number of aromatic nitrogens is 1. The predicted molar refractivity (Wildman–Crippen MR) is 100 cm³/mol. The van der Waals surface area contributed by atoms with Crippen LogP contribution in [-0.2, 0) is 4.74 Å². The van der Waals surface area contributed by atoms with Crippen molar-refractivity contribution < 1.29 is 14.3 Å². The standard InChI is InChI=1S/C19H24N4O3/c1-25-17-5-2-15(3-6-17)22-16-4-7-18(21-14-16)19(24)20-8-9-23-10-12-26-13-11-23/h2-7,14,22H,8-13H2,1H3,(H,20,24). The molecule has 1 aromatic carbocycles. The number of amides is 1. The van der Waals surface area contributed by atoms with Gasteiger partial charge in [-0.05, 0) is 36.4 Å². The van der Waals surface area contributed by atoms with Gasteiger partial charge in [0.25, 0.3) is 5.91 Å². The zero-order chi connectivity index (χ0) is 18.2. The number of methoxy groups -OCH3 is 1. The summed E-state index contributed by atoms with van der Waals surface area (Å²) in [5, 5.41) is 6.15. The second-order valence-corrected chi connectivity index (χ2v) is 6.00. The fourth-order valence-corrected chi connectivity index (χ4v) is 2.69. The Morgan fingerprint density at radius 2 is 1.88 bits per heavy atom. The van der Waals surface area contributed by atoms with Gasteiger partial charge in [0.1, 0.15) is 11.4 Å². The number of nitrogens with one attached hydrogen (secondary N) is 2. The summed E-state index contributed by atoms with van der Waals surface area (Å²) >= 11 is 0. The zero-order valence-electron chi connectivity index (χ0n) is 14.9. The highest BCUT2D eigenvalue weighted by molar-refractivity contribution is 5.92. The van der Waals surface area contributed by atoms with Gasteiger partial charge in [-0.25, -0.2) is 4.98 Å². The first-order valence-electron chi connectivity index (χ1n) is 8.70. The quantitative estimate of drug-likeness (QED) is 0.789. The number of morpholine rings is 1. The number of ether oxygens (including phenoxy) is 2. The molecule has 26 heavy (non-hydrogen) atoms. The maximum absolute atomic E-state index is 12.2. The molecule has 2 aromatic rings. The molecule has 0 unspecified atom stereocenters. The van der Waals surface area contributed by atoms with E-state index in [9.17, 15) is 4.79 Å². The average Bonchev–Trinajstić information content (AvgIpc) is 2.70. The molecule has 3 rings (SSSR count). The molecule has 2 heterocycles. The molecule has 0 spiro atoms. The lowest BCUT2D eigenvalue weighted by molar-refractivity contribution is 0.0383. The highest BCUT2D eigenvalue weighted by Crippen LogP contribution is 2.19. The van der Waals surface area contributed by atoms with E-state index in [1.165, 1.54) is 0 Å². The van der Waals surface area contributed by atoms with E-state index in [1.807, 2.05) is 30.3 Å². The van der Waals surface area contributed by atoms with Crippen LogP contribution in [0.1, 0.15) is 10.5 Å². The Balaban J connectivity index is 1.47. The molecule has 1 amide bonds. The third-order valence-corrected chi connectivity index (χ3v) is 4.19. The van der Waals surface area contributed by atoms with Gasteiger partial charge < -0.3 is 20.1 Å². The minimum atomic E-state index is -0.158. The number of carbonyl (C=O) groups excluding carboxylic acids is 1. The Kier molecular flexibility index (Phi) is 6.40. The lowest BCUT2D eigenvalue weighted by atomic mass is 10.2. The third kappa shape index (κ3) is 5.18. The second kappa shape index (κ2) is 9.17. The molecule has 2 N–H and O–H groups in total.